The van der Waals surface area contributed by atoms with Crippen LogP contribution in [0.4, 0.5) is 8.78 Å². The first-order chi connectivity index (χ1) is 8.56. The molecular weight excluding hydrogens is 244 g/mol. The average Bonchev–Trinajstić information content (AvgIpc) is 2.35. The number of aliphatic hydroxyl groups is 1. The largest absolute Gasteiger partial charge is 0.481 e. The molecule has 0 unspecified atom stereocenters. The van der Waals surface area contributed by atoms with Crippen LogP contribution in [0, 0.1) is 11.6 Å². The molecule has 2 N–H and O–H groups in total. The molecule has 0 aliphatic rings. The smallest absolute Gasteiger partial charge is 0.258 e. The minimum Gasteiger partial charge on any atom is -0.481 e. The Morgan fingerprint density at radius 1 is 1.50 bits per heavy atom. The first-order valence-corrected chi connectivity index (χ1v) is 5.54. The summed E-state index contributed by atoms with van der Waals surface area (Å²) < 4.78 is 30.7. The van der Waals surface area contributed by atoms with Gasteiger partial charge in [0.2, 0.25) is 0 Å². The second-order valence-corrected chi connectivity index (χ2v) is 3.72. The molecule has 0 fully saturated rings. The lowest BCUT2D eigenvalue weighted by Gasteiger charge is -2.14. The third-order valence-electron chi connectivity index (χ3n) is 2.33. The number of rotatable bonds is 6. The summed E-state index contributed by atoms with van der Waals surface area (Å²) in [5, 5.41) is 11.4. The van der Waals surface area contributed by atoms with Gasteiger partial charge in [-0.05, 0) is 18.6 Å². The number of halogens is 2. The highest BCUT2D eigenvalue weighted by atomic mass is 19.1. The minimum absolute atomic E-state index is 0.173. The van der Waals surface area contributed by atoms with Gasteiger partial charge < -0.3 is 15.2 Å². The number of ether oxygens (including phenoxy) is 1. The Kier molecular flexibility index (Phi) is 5.51. The molecule has 0 heterocycles. The van der Waals surface area contributed by atoms with Gasteiger partial charge in [-0.15, -0.1) is 0 Å². The average molecular weight is 259 g/mol. The van der Waals surface area contributed by atoms with E-state index in [0.29, 0.717) is 12.5 Å². The topological polar surface area (TPSA) is 58.6 Å². The molecule has 1 aromatic carbocycles. The number of hydrogen-bond donors (Lipinski definition) is 2. The molecule has 0 aliphatic heterocycles. The van der Waals surface area contributed by atoms with E-state index in [1.807, 2.05) is 6.92 Å². The van der Waals surface area contributed by atoms with E-state index in [0.717, 1.165) is 12.1 Å². The van der Waals surface area contributed by atoms with E-state index in [-0.39, 0.29) is 25.0 Å². The van der Waals surface area contributed by atoms with Crippen LogP contribution in [0.2, 0.25) is 0 Å². The van der Waals surface area contributed by atoms with Crippen molar-refractivity contribution in [3.05, 3.63) is 29.8 Å². The lowest BCUT2D eigenvalue weighted by molar-refractivity contribution is -0.124. The van der Waals surface area contributed by atoms with Crippen LogP contribution in [0.15, 0.2) is 18.2 Å². The molecule has 0 spiro atoms. The van der Waals surface area contributed by atoms with Gasteiger partial charge in [0.15, 0.2) is 18.2 Å². The summed E-state index contributed by atoms with van der Waals surface area (Å²) in [6, 6.07) is 2.48. The Morgan fingerprint density at radius 2 is 2.22 bits per heavy atom. The summed E-state index contributed by atoms with van der Waals surface area (Å²) in [5.74, 6) is -2.24. The van der Waals surface area contributed by atoms with Crippen LogP contribution in [0.1, 0.15) is 13.3 Å². The van der Waals surface area contributed by atoms with E-state index >= 15 is 0 Å². The summed E-state index contributed by atoms with van der Waals surface area (Å²) in [7, 11) is 0. The number of amides is 1. The standard InChI is InChI=1S/C12H15F2NO3/c1-2-9(6-16)15-12(17)7-18-11-4-3-8(13)5-10(11)14/h3-5,9,16H,2,6-7H2,1H3,(H,15,17)/t9-/m0/s1. The molecule has 0 saturated heterocycles. The van der Waals surface area contributed by atoms with Crippen molar-refractivity contribution in [2.24, 2.45) is 0 Å². The molecule has 0 radical (unpaired) electrons. The Labute approximate surface area is 104 Å². The number of benzene rings is 1. The first-order valence-electron chi connectivity index (χ1n) is 5.54. The number of hydrogen-bond acceptors (Lipinski definition) is 3. The van der Waals surface area contributed by atoms with Gasteiger partial charge in [-0.3, -0.25) is 4.79 Å². The summed E-state index contributed by atoms with van der Waals surface area (Å²) in [4.78, 5) is 11.4. The van der Waals surface area contributed by atoms with Gasteiger partial charge in [-0.1, -0.05) is 6.92 Å². The molecule has 6 heteroatoms. The Hall–Kier alpha value is -1.69. The van der Waals surface area contributed by atoms with Crippen LogP contribution < -0.4 is 10.1 Å². The first kappa shape index (κ1) is 14.4. The molecule has 4 nitrogen and oxygen atoms in total. The van der Waals surface area contributed by atoms with Gasteiger partial charge >= 0.3 is 0 Å². The maximum Gasteiger partial charge on any atom is 0.258 e. The van der Waals surface area contributed by atoms with Crippen molar-refractivity contribution >= 4 is 5.91 Å². The highest BCUT2D eigenvalue weighted by Gasteiger charge is 2.11. The minimum atomic E-state index is -0.864. The highest BCUT2D eigenvalue weighted by Crippen LogP contribution is 2.17. The SMILES string of the molecule is CC[C@@H](CO)NC(=O)COc1ccc(F)cc1F. The van der Waals surface area contributed by atoms with Gasteiger partial charge in [-0.2, -0.15) is 0 Å². The fourth-order valence-corrected chi connectivity index (χ4v) is 1.28. The van der Waals surface area contributed by atoms with Crippen molar-refractivity contribution in [3.8, 4) is 5.75 Å². The zero-order valence-corrected chi connectivity index (χ0v) is 9.95. The predicted octanol–water partition coefficient (Wildman–Crippen LogP) is 1.23. The Morgan fingerprint density at radius 3 is 2.78 bits per heavy atom. The van der Waals surface area contributed by atoms with Crippen LogP contribution >= 0.6 is 0 Å². The molecule has 1 atom stereocenters. The number of nitrogens with one attached hydrogen (secondary N) is 1. The van der Waals surface area contributed by atoms with E-state index in [1.54, 1.807) is 0 Å². The molecule has 1 rings (SSSR count). The molecule has 0 aliphatic carbocycles. The Bertz CT molecular complexity index is 408. The van der Waals surface area contributed by atoms with Gasteiger partial charge in [0, 0.05) is 6.07 Å². The van der Waals surface area contributed by atoms with Gasteiger partial charge in [0.25, 0.3) is 5.91 Å². The van der Waals surface area contributed by atoms with Gasteiger partial charge in [0.05, 0.1) is 12.6 Å². The molecular formula is C12H15F2NO3. The van der Waals surface area contributed by atoms with Gasteiger partial charge in [0.1, 0.15) is 5.82 Å². The van der Waals surface area contributed by atoms with E-state index in [4.69, 9.17) is 9.84 Å². The van der Waals surface area contributed by atoms with Crippen LogP contribution in [0.3, 0.4) is 0 Å². The van der Waals surface area contributed by atoms with Crippen LogP contribution in [-0.4, -0.2) is 30.3 Å². The third kappa shape index (κ3) is 4.29. The summed E-state index contributed by atoms with van der Waals surface area (Å²) in [6.07, 6.45) is 0.577. The zero-order valence-electron chi connectivity index (χ0n) is 9.95. The van der Waals surface area contributed by atoms with Crippen LogP contribution in [0.25, 0.3) is 0 Å². The van der Waals surface area contributed by atoms with Crippen LogP contribution in [-0.2, 0) is 4.79 Å². The van der Waals surface area contributed by atoms with E-state index in [2.05, 4.69) is 5.32 Å². The maximum absolute atomic E-state index is 13.2. The fraction of sp³-hybridized carbons (Fsp3) is 0.417. The van der Waals surface area contributed by atoms with Crippen molar-refractivity contribution in [1.29, 1.82) is 0 Å². The lowest BCUT2D eigenvalue weighted by Crippen LogP contribution is -2.39. The number of carbonyl (C=O) groups is 1. The van der Waals surface area contributed by atoms with Gasteiger partial charge in [-0.25, -0.2) is 8.78 Å². The normalized spacial score (nSPS) is 12.0. The second kappa shape index (κ2) is 6.90. The van der Waals surface area contributed by atoms with E-state index < -0.39 is 17.5 Å². The third-order valence-corrected chi connectivity index (χ3v) is 2.33. The lowest BCUT2D eigenvalue weighted by atomic mass is 10.2. The maximum atomic E-state index is 13.2. The summed E-state index contributed by atoms with van der Waals surface area (Å²) in [5.41, 5.74) is 0. The zero-order chi connectivity index (χ0) is 13.5. The van der Waals surface area contributed by atoms with E-state index in [1.165, 1.54) is 0 Å². The summed E-state index contributed by atoms with van der Waals surface area (Å²) >= 11 is 0. The van der Waals surface area contributed by atoms with Crippen LogP contribution in [0.5, 0.6) is 5.75 Å². The number of carbonyl (C=O) groups excluding carboxylic acids is 1. The molecule has 0 saturated carbocycles. The van der Waals surface area contributed by atoms with Crippen molar-refractivity contribution < 1.29 is 23.4 Å². The van der Waals surface area contributed by atoms with Crippen molar-refractivity contribution in [1.82, 2.24) is 5.32 Å². The Balaban J connectivity index is 2.47. The van der Waals surface area contributed by atoms with Crippen molar-refractivity contribution in [2.75, 3.05) is 13.2 Å². The fourth-order valence-electron chi connectivity index (χ4n) is 1.28. The summed E-state index contributed by atoms with van der Waals surface area (Å²) in [6.45, 7) is 1.24. The van der Waals surface area contributed by atoms with Crippen molar-refractivity contribution in [2.45, 2.75) is 19.4 Å². The molecule has 1 aromatic rings. The monoisotopic (exact) mass is 259 g/mol. The molecule has 18 heavy (non-hydrogen) atoms. The predicted molar refractivity (Wildman–Crippen MR) is 61.2 cm³/mol. The highest BCUT2D eigenvalue weighted by molar-refractivity contribution is 5.77. The van der Waals surface area contributed by atoms with Crippen molar-refractivity contribution in [3.63, 3.8) is 0 Å². The molecule has 100 valence electrons. The quantitative estimate of drug-likeness (QED) is 0.808. The molecule has 0 bridgehead atoms. The van der Waals surface area contributed by atoms with E-state index in [9.17, 15) is 13.6 Å². The molecule has 0 aromatic heterocycles. The number of aliphatic hydroxyl groups excluding tert-OH is 1. The molecule has 1 amide bonds. The second-order valence-electron chi connectivity index (χ2n) is 3.72.